The van der Waals surface area contributed by atoms with Crippen LogP contribution < -0.4 is 5.73 Å². The van der Waals surface area contributed by atoms with Gasteiger partial charge in [0.1, 0.15) is 17.6 Å². The fourth-order valence-electron chi connectivity index (χ4n) is 0.938. The minimum absolute atomic E-state index is 0.0722. The molecule has 3 nitrogen and oxygen atoms in total. The van der Waals surface area contributed by atoms with Gasteiger partial charge in [-0.3, -0.25) is 4.98 Å². The highest BCUT2D eigenvalue weighted by molar-refractivity contribution is 5.09. The van der Waals surface area contributed by atoms with Gasteiger partial charge in [0.2, 0.25) is 0 Å². The Kier molecular flexibility index (Phi) is 3.13. The number of nitrogens with two attached hydrogens (primary N) is 1. The first-order valence-electron chi connectivity index (χ1n) is 3.74. The summed E-state index contributed by atoms with van der Waals surface area (Å²) in [5, 5.41) is 9.32. The molecule has 1 unspecified atom stereocenters. The fourth-order valence-corrected chi connectivity index (χ4v) is 0.938. The van der Waals surface area contributed by atoms with Crippen LogP contribution >= 0.6 is 0 Å². The van der Waals surface area contributed by atoms with Crippen LogP contribution in [0.4, 0.5) is 4.39 Å². The number of pyridine rings is 1. The molecule has 1 aromatic rings. The van der Waals surface area contributed by atoms with Crippen molar-refractivity contribution in [3.8, 4) is 0 Å². The molecule has 4 heteroatoms. The molecule has 66 valence electrons. The summed E-state index contributed by atoms with van der Waals surface area (Å²) in [5.41, 5.74) is 5.28. The highest BCUT2D eigenvalue weighted by Gasteiger charge is 2.11. The Balaban J connectivity index is 2.79. The van der Waals surface area contributed by atoms with Crippen LogP contribution in [0.3, 0.4) is 0 Å². The van der Waals surface area contributed by atoms with Gasteiger partial charge < -0.3 is 10.8 Å². The van der Waals surface area contributed by atoms with Gasteiger partial charge in [0, 0.05) is 6.20 Å². The number of aliphatic hydroxyl groups is 1. The van der Waals surface area contributed by atoms with Crippen LogP contribution in [-0.4, -0.2) is 16.6 Å². The topological polar surface area (TPSA) is 59.1 Å². The zero-order valence-electron chi connectivity index (χ0n) is 6.57. The average molecular weight is 170 g/mol. The van der Waals surface area contributed by atoms with Gasteiger partial charge in [0.15, 0.2) is 0 Å². The van der Waals surface area contributed by atoms with Crippen LogP contribution in [0.1, 0.15) is 18.2 Å². The molecule has 0 radical (unpaired) electrons. The minimum Gasteiger partial charge on any atom is -0.387 e. The molecule has 0 spiro atoms. The Morgan fingerprint density at radius 3 is 3.00 bits per heavy atom. The molecule has 1 heterocycles. The number of aromatic nitrogens is 1. The summed E-state index contributed by atoms with van der Waals surface area (Å²) >= 11 is 0. The molecule has 1 atom stereocenters. The minimum atomic E-state index is -0.892. The van der Waals surface area contributed by atoms with Gasteiger partial charge >= 0.3 is 0 Å². The number of hydrogen-bond acceptors (Lipinski definition) is 3. The molecule has 0 aromatic carbocycles. The van der Waals surface area contributed by atoms with Crippen LogP contribution in [0.2, 0.25) is 0 Å². The summed E-state index contributed by atoms with van der Waals surface area (Å²) in [5.74, 6) is -0.488. The van der Waals surface area contributed by atoms with Gasteiger partial charge in [-0.2, -0.15) is 0 Å². The van der Waals surface area contributed by atoms with Gasteiger partial charge in [-0.05, 0) is 25.1 Å². The Morgan fingerprint density at radius 2 is 2.42 bits per heavy atom. The average Bonchev–Trinajstić information content (AvgIpc) is 2.05. The third-order valence-electron chi connectivity index (χ3n) is 1.54. The first kappa shape index (κ1) is 9.09. The smallest absolute Gasteiger partial charge is 0.147 e. The number of aliphatic hydroxyl groups excluding tert-OH is 1. The Morgan fingerprint density at radius 1 is 1.67 bits per heavy atom. The van der Waals surface area contributed by atoms with E-state index < -0.39 is 11.9 Å². The molecule has 0 saturated heterocycles. The summed E-state index contributed by atoms with van der Waals surface area (Å²) in [6.45, 7) is 0.317. The van der Waals surface area contributed by atoms with E-state index in [1.54, 1.807) is 0 Å². The first-order chi connectivity index (χ1) is 5.75. The standard InChI is InChI=1S/C8H11FN2O/c9-6-2-1-5-11-8(6)7(12)3-4-10/h1-2,5,7,12H,3-4,10H2. The molecule has 0 fully saturated rings. The number of rotatable bonds is 3. The van der Waals surface area contributed by atoms with Crippen molar-refractivity contribution in [1.82, 2.24) is 4.98 Å². The van der Waals surface area contributed by atoms with Gasteiger partial charge in [0.25, 0.3) is 0 Å². The predicted octanol–water partition coefficient (Wildman–Crippen LogP) is 0.603. The molecule has 0 aliphatic heterocycles. The van der Waals surface area contributed by atoms with Crippen molar-refractivity contribution in [2.75, 3.05) is 6.54 Å². The summed E-state index contributed by atoms with van der Waals surface area (Å²) in [6, 6.07) is 2.75. The van der Waals surface area contributed by atoms with Gasteiger partial charge in [-0.25, -0.2) is 4.39 Å². The van der Waals surface area contributed by atoms with Crippen molar-refractivity contribution < 1.29 is 9.50 Å². The Hall–Kier alpha value is -1.00. The molecule has 1 rings (SSSR count). The molecular formula is C8H11FN2O. The zero-order chi connectivity index (χ0) is 8.97. The van der Waals surface area contributed by atoms with E-state index in [0.717, 1.165) is 0 Å². The molecule has 0 amide bonds. The second kappa shape index (κ2) is 4.13. The number of halogens is 1. The van der Waals surface area contributed by atoms with Crippen LogP contribution in [0.25, 0.3) is 0 Å². The SMILES string of the molecule is NCCC(O)c1ncccc1F. The zero-order valence-corrected chi connectivity index (χ0v) is 6.57. The Bertz CT molecular complexity index is 255. The van der Waals surface area contributed by atoms with E-state index in [9.17, 15) is 9.50 Å². The van der Waals surface area contributed by atoms with Crippen molar-refractivity contribution in [3.05, 3.63) is 29.8 Å². The molecule has 0 bridgehead atoms. The van der Waals surface area contributed by atoms with Crippen molar-refractivity contribution in [3.63, 3.8) is 0 Å². The lowest BCUT2D eigenvalue weighted by Crippen LogP contribution is -2.09. The molecule has 0 saturated carbocycles. The summed E-state index contributed by atoms with van der Waals surface area (Å²) in [7, 11) is 0. The molecular weight excluding hydrogens is 159 g/mol. The van der Waals surface area contributed by atoms with E-state index in [-0.39, 0.29) is 5.69 Å². The predicted molar refractivity (Wildman–Crippen MR) is 42.8 cm³/mol. The summed E-state index contributed by atoms with van der Waals surface area (Å²) < 4.78 is 12.9. The van der Waals surface area contributed by atoms with Gasteiger partial charge in [0.05, 0.1) is 0 Å². The lowest BCUT2D eigenvalue weighted by atomic mass is 10.1. The molecule has 1 aromatic heterocycles. The highest BCUT2D eigenvalue weighted by atomic mass is 19.1. The molecule has 0 aliphatic rings. The highest BCUT2D eigenvalue weighted by Crippen LogP contribution is 2.15. The van der Waals surface area contributed by atoms with E-state index in [2.05, 4.69) is 4.98 Å². The summed E-state index contributed by atoms with van der Waals surface area (Å²) in [6.07, 6.45) is 0.878. The molecule has 3 N–H and O–H groups in total. The van der Waals surface area contributed by atoms with E-state index in [1.807, 2.05) is 0 Å². The van der Waals surface area contributed by atoms with Crippen molar-refractivity contribution in [1.29, 1.82) is 0 Å². The Labute approximate surface area is 70.0 Å². The van der Waals surface area contributed by atoms with E-state index in [0.29, 0.717) is 13.0 Å². The lowest BCUT2D eigenvalue weighted by molar-refractivity contribution is 0.160. The monoisotopic (exact) mass is 170 g/mol. The molecule has 12 heavy (non-hydrogen) atoms. The third-order valence-corrected chi connectivity index (χ3v) is 1.54. The van der Waals surface area contributed by atoms with E-state index >= 15 is 0 Å². The summed E-state index contributed by atoms with van der Waals surface area (Å²) in [4.78, 5) is 3.72. The van der Waals surface area contributed by atoms with E-state index in [1.165, 1.54) is 18.3 Å². The van der Waals surface area contributed by atoms with Crippen LogP contribution in [-0.2, 0) is 0 Å². The van der Waals surface area contributed by atoms with Crippen LogP contribution in [0, 0.1) is 5.82 Å². The third kappa shape index (κ3) is 1.99. The number of nitrogens with zero attached hydrogens (tertiary/aromatic N) is 1. The largest absolute Gasteiger partial charge is 0.387 e. The quantitative estimate of drug-likeness (QED) is 0.698. The van der Waals surface area contributed by atoms with E-state index in [4.69, 9.17) is 5.73 Å². The maximum atomic E-state index is 12.9. The maximum absolute atomic E-state index is 12.9. The maximum Gasteiger partial charge on any atom is 0.147 e. The van der Waals surface area contributed by atoms with Crippen LogP contribution in [0.15, 0.2) is 18.3 Å². The first-order valence-corrected chi connectivity index (χ1v) is 3.74. The van der Waals surface area contributed by atoms with Crippen molar-refractivity contribution >= 4 is 0 Å². The normalized spacial score (nSPS) is 12.9. The second-order valence-electron chi connectivity index (χ2n) is 2.46. The molecule has 0 aliphatic carbocycles. The van der Waals surface area contributed by atoms with Crippen molar-refractivity contribution in [2.45, 2.75) is 12.5 Å². The lowest BCUT2D eigenvalue weighted by Gasteiger charge is -2.08. The number of hydrogen-bond donors (Lipinski definition) is 2. The van der Waals surface area contributed by atoms with Crippen molar-refractivity contribution in [2.24, 2.45) is 5.73 Å². The second-order valence-corrected chi connectivity index (χ2v) is 2.46. The van der Waals surface area contributed by atoms with Crippen LogP contribution in [0.5, 0.6) is 0 Å². The van der Waals surface area contributed by atoms with Gasteiger partial charge in [-0.15, -0.1) is 0 Å². The fraction of sp³-hybridized carbons (Fsp3) is 0.375. The van der Waals surface area contributed by atoms with Gasteiger partial charge in [-0.1, -0.05) is 0 Å².